The Hall–Kier alpha value is -2.08. The van der Waals surface area contributed by atoms with Crippen LogP contribution in [0.5, 0.6) is 0 Å². The Morgan fingerprint density at radius 1 is 0.926 bits per heavy atom. The third-order valence-corrected chi connectivity index (χ3v) is 5.30. The summed E-state index contributed by atoms with van der Waals surface area (Å²) in [5.41, 5.74) is 2.37. The van der Waals surface area contributed by atoms with Crippen molar-refractivity contribution < 1.29 is 10.0 Å². The maximum Gasteiger partial charge on any atom is 0.271 e. The average Bonchev–Trinajstić information content (AvgIpc) is 2.70. The zero-order valence-corrected chi connectivity index (χ0v) is 16.5. The first-order valence-electron chi connectivity index (χ1n) is 8.72. The monoisotopic (exact) mass is 405 g/mol. The van der Waals surface area contributed by atoms with E-state index in [4.69, 9.17) is 28.4 Å². The van der Waals surface area contributed by atoms with Crippen molar-refractivity contribution in [3.63, 3.8) is 0 Å². The highest BCUT2D eigenvalue weighted by Crippen LogP contribution is 2.31. The molecule has 0 spiro atoms. The number of hydrogen-bond donors (Lipinski definition) is 1. The number of hydrogen-bond acceptors (Lipinski definition) is 4. The van der Waals surface area contributed by atoms with Crippen LogP contribution < -0.4 is 0 Å². The molecule has 0 bridgehead atoms. The Morgan fingerprint density at radius 2 is 1.37 bits per heavy atom. The molecule has 142 valence electrons. The van der Waals surface area contributed by atoms with Crippen LogP contribution in [0.3, 0.4) is 0 Å². The molecule has 0 saturated carbocycles. The standard InChI is InChI=1S/C20H21Cl2N3O2/c1-14(23-27)20(26)25-12-10-24(11-13-25)19(15-2-6-17(21)7-3-15)16-4-8-18(22)9-5-16/h2-9,19,27H,10-13H2,1H3/b23-14+. The first-order valence-corrected chi connectivity index (χ1v) is 9.48. The zero-order chi connectivity index (χ0) is 19.4. The molecule has 1 saturated heterocycles. The minimum atomic E-state index is -0.230. The Kier molecular flexibility index (Phi) is 6.37. The van der Waals surface area contributed by atoms with Crippen LogP contribution >= 0.6 is 23.2 Å². The van der Waals surface area contributed by atoms with E-state index < -0.39 is 0 Å². The number of carbonyl (C=O) groups excluding carboxylic acids is 1. The van der Waals surface area contributed by atoms with Gasteiger partial charge < -0.3 is 10.1 Å². The third-order valence-electron chi connectivity index (χ3n) is 4.80. The van der Waals surface area contributed by atoms with E-state index >= 15 is 0 Å². The van der Waals surface area contributed by atoms with Gasteiger partial charge in [-0.05, 0) is 42.3 Å². The fourth-order valence-corrected chi connectivity index (χ4v) is 3.61. The predicted octanol–water partition coefficient (Wildman–Crippen LogP) is 4.08. The lowest BCUT2D eigenvalue weighted by molar-refractivity contribution is -0.126. The van der Waals surface area contributed by atoms with Crippen LogP contribution in [0, 0.1) is 0 Å². The Labute approximate surface area is 168 Å². The summed E-state index contributed by atoms with van der Waals surface area (Å²) >= 11 is 12.1. The molecule has 1 fully saturated rings. The number of carbonyl (C=O) groups is 1. The second-order valence-corrected chi connectivity index (χ2v) is 7.39. The molecule has 1 aliphatic rings. The lowest BCUT2D eigenvalue weighted by Gasteiger charge is -2.39. The molecular weight excluding hydrogens is 385 g/mol. The van der Waals surface area contributed by atoms with E-state index in [1.807, 2.05) is 48.5 Å². The third kappa shape index (κ3) is 4.61. The van der Waals surface area contributed by atoms with Crippen molar-refractivity contribution in [1.29, 1.82) is 0 Å². The average molecular weight is 406 g/mol. The van der Waals surface area contributed by atoms with Gasteiger partial charge in [-0.3, -0.25) is 9.69 Å². The molecule has 0 unspecified atom stereocenters. The maximum absolute atomic E-state index is 12.2. The van der Waals surface area contributed by atoms with E-state index in [1.165, 1.54) is 6.92 Å². The van der Waals surface area contributed by atoms with Gasteiger partial charge in [0.25, 0.3) is 5.91 Å². The molecule has 0 atom stereocenters. The minimum Gasteiger partial charge on any atom is -0.410 e. The van der Waals surface area contributed by atoms with Crippen molar-refractivity contribution in [3.05, 3.63) is 69.7 Å². The van der Waals surface area contributed by atoms with E-state index in [0.717, 1.165) is 11.1 Å². The minimum absolute atomic E-state index is 0.0457. The van der Waals surface area contributed by atoms with Gasteiger partial charge in [0.05, 0.1) is 6.04 Å². The molecular formula is C20H21Cl2N3O2. The van der Waals surface area contributed by atoms with Gasteiger partial charge in [-0.25, -0.2) is 0 Å². The molecule has 27 heavy (non-hydrogen) atoms. The van der Waals surface area contributed by atoms with Crippen molar-refractivity contribution in [3.8, 4) is 0 Å². The van der Waals surface area contributed by atoms with E-state index in [0.29, 0.717) is 36.2 Å². The normalized spacial score (nSPS) is 16.0. The first-order chi connectivity index (χ1) is 13.0. The highest BCUT2D eigenvalue weighted by Gasteiger charge is 2.29. The fourth-order valence-electron chi connectivity index (χ4n) is 3.36. The fraction of sp³-hybridized carbons (Fsp3) is 0.300. The van der Waals surface area contributed by atoms with Crippen LogP contribution in [0.2, 0.25) is 10.0 Å². The topological polar surface area (TPSA) is 56.1 Å². The number of oxime groups is 1. The van der Waals surface area contributed by atoms with Crippen LogP contribution in [-0.2, 0) is 4.79 Å². The van der Waals surface area contributed by atoms with Crippen molar-refractivity contribution in [2.45, 2.75) is 13.0 Å². The van der Waals surface area contributed by atoms with Gasteiger partial charge in [0, 0.05) is 36.2 Å². The van der Waals surface area contributed by atoms with Crippen LogP contribution in [0.15, 0.2) is 53.7 Å². The van der Waals surface area contributed by atoms with Gasteiger partial charge in [-0.2, -0.15) is 0 Å². The van der Waals surface area contributed by atoms with Crippen LogP contribution in [-0.4, -0.2) is 52.8 Å². The van der Waals surface area contributed by atoms with Gasteiger partial charge >= 0.3 is 0 Å². The summed E-state index contributed by atoms with van der Waals surface area (Å²) in [4.78, 5) is 16.3. The van der Waals surface area contributed by atoms with Crippen LogP contribution in [0.4, 0.5) is 0 Å². The van der Waals surface area contributed by atoms with Crippen molar-refractivity contribution in [2.24, 2.45) is 5.16 Å². The molecule has 5 nitrogen and oxygen atoms in total. The van der Waals surface area contributed by atoms with E-state index in [2.05, 4.69) is 10.1 Å². The highest BCUT2D eigenvalue weighted by atomic mass is 35.5. The van der Waals surface area contributed by atoms with Crippen molar-refractivity contribution in [1.82, 2.24) is 9.80 Å². The number of amides is 1. The number of rotatable bonds is 4. The largest absolute Gasteiger partial charge is 0.410 e. The molecule has 1 amide bonds. The van der Waals surface area contributed by atoms with Gasteiger partial charge in [-0.1, -0.05) is 52.6 Å². The Morgan fingerprint density at radius 3 is 1.78 bits per heavy atom. The molecule has 1 N–H and O–H groups in total. The number of halogens is 2. The predicted molar refractivity (Wildman–Crippen MR) is 108 cm³/mol. The summed E-state index contributed by atoms with van der Waals surface area (Å²) in [7, 11) is 0. The maximum atomic E-state index is 12.2. The Bertz CT molecular complexity index is 769. The van der Waals surface area contributed by atoms with E-state index in [9.17, 15) is 4.79 Å². The van der Waals surface area contributed by atoms with Gasteiger partial charge in [0.15, 0.2) is 0 Å². The quantitative estimate of drug-likeness (QED) is 0.473. The molecule has 1 heterocycles. The van der Waals surface area contributed by atoms with Crippen LogP contribution in [0.1, 0.15) is 24.1 Å². The summed E-state index contributed by atoms with van der Waals surface area (Å²) in [6.45, 7) is 4.08. The second-order valence-electron chi connectivity index (χ2n) is 6.52. The highest BCUT2D eigenvalue weighted by molar-refractivity contribution is 6.37. The summed E-state index contributed by atoms with van der Waals surface area (Å²) in [6.07, 6.45) is 0. The summed E-state index contributed by atoms with van der Waals surface area (Å²) in [6, 6.07) is 15.7. The molecule has 2 aromatic carbocycles. The molecule has 3 rings (SSSR count). The second kappa shape index (κ2) is 8.74. The SMILES string of the molecule is C/C(=N\O)C(=O)N1CCN(C(c2ccc(Cl)cc2)c2ccc(Cl)cc2)CC1. The summed E-state index contributed by atoms with van der Waals surface area (Å²) in [5, 5.41) is 13.2. The van der Waals surface area contributed by atoms with Gasteiger partial charge in [-0.15, -0.1) is 0 Å². The molecule has 0 aliphatic carbocycles. The van der Waals surface area contributed by atoms with Gasteiger partial charge in [0.2, 0.25) is 0 Å². The summed E-state index contributed by atoms with van der Waals surface area (Å²) in [5.74, 6) is -0.230. The van der Waals surface area contributed by atoms with E-state index in [-0.39, 0.29) is 17.7 Å². The number of benzene rings is 2. The number of piperazine rings is 1. The van der Waals surface area contributed by atoms with Crippen molar-refractivity contribution in [2.75, 3.05) is 26.2 Å². The smallest absolute Gasteiger partial charge is 0.271 e. The van der Waals surface area contributed by atoms with Gasteiger partial charge in [0.1, 0.15) is 5.71 Å². The van der Waals surface area contributed by atoms with Crippen molar-refractivity contribution >= 4 is 34.8 Å². The molecule has 7 heteroatoms. The van der Waals surface area contributed by atoms with E-state index in [1.54, 1.807) is 4.90 Å². The first kappa shape index (κ1) is 19.7. The van der Waals surface area contributed by atoms with Crippen LogP contribution in [0.25, 0.3) is 0 Å². The summed E-state index contributed by atoms with van der Waals surface area (Å²) < 4.78 is 0. The molecule has 0 aromatic heterocycles. The molecule has 2 aromatic rings. The Balaban J connectivity index is 1.83. The molecule has 1 aliphatic heterocycles. The lowest BCUT2D eigenvalue weighted by atomic mass is 9.96. The lowest BCUT2D eigenvalue weighted by Crippen LogP contribution is -2.51. The zero-order valence-electron chi connectivity index (χ0n) is 15.0. The molecule has 0 radical (unpaired) electrons. The number of nitrogens with zero attached hydrogens (tertiary/aromatic N) is 3.